The molecule has 27 heavy (non-hydrogen) atoms. The quantitative estimate of drug-likeness (QED) is 0.751. The zero-order valence-electron chi connectivity index (χ0n) is 15.1. The Morgan fingerprint density at radius 3 is 2.59 bits per heavy atom. The topological polar surface area (TPSA) is 66.5 Å². The summed E-state index contributed by atoms with van der Waals surface area (Å²) in [5.41, 5.74) is 2.80. The van der Waals surface area contributed by atoms with E-state index in [4.69, 9.17) is 0 Å². The molecule has 1 aliphatic rings. The maximum atomic E-state index is 12.8. The SMILES string of the molecule is C[C@H]1Cc2cc(C(=O)Nc3cccc4ccccc34)ccc2N1S(C)(=O)=O. The summed E-state index contributed by atoms with van der Waals surface area (Å²) < 4.78 is 25.5. The molecule has 1 atom stereocenters. The first-order valence-electron chi connectivity index (χ1n) is 8.76. The molecule has 1 amide bonds. The van der Waals surface area contributed by atoms with Crippen molar-refractivity contribution in [2.24, 2.45) is 0 Å². The molecule has 4 rings (SSSR count). The predicted octanol–water partition coefficient (Wildman–Crippen LogP) is 3.80. The zero-order chi connectivity index (χ0) is 19.2. The molecule has 0 saturated carbocycles. The first-order chi connectivity index (χ1) is 12.8. The van der Waals surface area contributed by atoms with E-state index in [2.05, 4.69) is 5.32 Å². The summed E-state index contributed by atoms with van der Waals surface area (Å²) in [6.45, 7) is 1.87. The van der Waals surface area contributed by atoms with Crippen molar-refractivity contribution in [2.75, 3.05) is 15.9 Å². The number of nitrogens with zero attached hydrogens (tertiary/aromatic N) is 1. The lowest BCUT2D eigenvalue weighted by molar-refractivity contribution is 0.102. The molecule has 0 radical (unpaired) electrons. The average molecular weight is 380 g/mol. The van der Waals surface area contributed by atoms with Crippen LogP contribution in [-0.4, -0.2) is 26.6 Å². The molecule has 1 N–H and O–H groups in total. The fraction of sp³-hybridized carbons (Fsp3) is 0.190. The van der Waals surface area contributed by atoms with Gasteiger partial charge in [-0.25, -0.2) is 8.42 Å². The highest BCUT2D eigenvalue weighted by molar-refractivity contribution is 7.92. The number of amides is 1. The van der Waals surface area contributed by atoms with Crippen molar-refractivity contribution in [3.63, 3.8) is 0 Å². The van der Waals surface area contributed by atoms with Crippen LogP contribution in [0.5, 0.6) is 0 Å². The van der Waals surface area contributed by atoms with Crippen LogP contribution in [0.15, 0.2) is 60.7 Å². The van der Waals surface area contributed by atoms with Gasteiger partial charge in [0.05, 0.1) is 11.9 Å². The largest absolute Gasteiger partial charge is 0.321 e. The van der Waals surface area contributed by atoms with Gasteiger partial charge < -0.3 is 5.32 Å². The Morgan fingerprint density at radius 2 is 1.81 bits per heavy atom. The van der Waals surface area contributed by atoms with Crippen LogP contribution in [0.4, 0.5) is 11.4 Å². The second kappa shape index (κ2) is 6.39. The Hall–Kier alpha value is -2.86. The van der Waals surface area contributed by atoms with E-state index in [1.54, 1.807) is 18.2 Å². The summed E-state index contributed by atoms with van der Waals surface area (Å²) >= 11 is 0. The Kier molecular flexibility index (Phi) is 4.15. The summed E-state index contributed by atoms with van der Waals surface area (Å²) in [5, 5.41) is 5.01. The second-order valence-electron chi connectivity index (χ2n) is 6.94. The van der Waals surface area contributed by atoms with E-state index in [0.717, 1.165) is 22.0 Å². The van der Waals surface area contributed by atoms with Crippen molar-refractivity contribution in [3.8, 4) is 0 Å². The van der Waals surface area contributed by atoms with Gasteiger partial charge in [0.15, 0.2) is 0 Å². The fourth-order valence-electron chi connectivity index (χ4n) is 3.78. The van der Waals surface area contributed by atoms with Crippen molar-refractivity contribution >= 4 is 38.1 Å². The van der Waals surface area contributed by atoms with E-state index in [0.29, 0.717) is 17.7 Å². The molecule has 3 aromatic rings. The van der Waals surface area contributed by atoms with Gasteiger partial charge in [0, 0.05) is 22.7 Å². The lowest BCUT2D eigenvalue weighted by Crippen LogP contribution is -2.34. The molecule has 5 nitrogen and oxygen atoms in total. The van der Waals surface area contributed by atoms with Gasteiger partial charge in [0.1, 0.15) is 0 Å². The maximum Gasteiger partial charge on any atom is 0.255 e. The predicted molar refractivity (Wildman–Crippen MR) is 109 cm³/mol. The maximum absolute atomic E-state index is 12.8. The van der Waals surface area contributed by atoms with Gasteiger partial charge in [-0.1, -0.05) is 36.4 Å². The Bertz CT molecular complexity index is 1150. The standard InChI is InChI=1S/C21H20N2O3S/c1-14-12-17-13-16(10-11-20(17)23(14)27(2,25)26)21(24)22-19-9-5-7-15-6-3-4-8-18(15)19/h3-11,13-14H,12H2,1-2H3,(H,22,24)/t14-/m0/s1. The summed E-state index contributed by atoms with van der Waals surface area (Å²) in [4.78, 5) is 12.8. The molecule has 0 bridgehead atoms. The third kappa shape index (κ3) is 3.17. The number of anilines is 2. The monoisotopic (exact) mass is 380 g/mol. The summed E-state index contributed by atoms with van der Waals surface area (Å²) in [5.74, 6) is -0.209. The van der Waals surface area contributed by atoms with Crippen LogP contribution < -0.4 is 9.62 Å². The molecule has 0 saturated heterocycles. The Labute approximate surface area is 158 Å². The van der Waals surface area contributed by atoms with Gasteiger partial charge in [-0.05, 0) is 48.6 Å². The van der Waals surface area contributed by atoms with Crippen LogP contribution in [0.3, 0.4) is 0 Å². The molecule has 3 aromatic carbocycles. The Balaban J connectivity index is 1.65. The number of nitrogens with one attached hydrogen (secondary N) is 1. The molecular weight excluding hydrogens is 360 g/mol. The third-order valence-electron chi connectivity index (χ3n) is 4.89. The lowest BCUT2D eigenvalue weighted by Gasteiger charge is -2.21. The first kappa shape index (κ1) is 17.5. The second-order valence-corrected chi connectivity index (χ2v) is 8.80. The van der Waals surface area contributed by atoms with Crippen molar-refractivity contribution in [3.05, 3.63) is 71.8 Å². The van der Waals surface area contributed by atoms with E-state index < -0.39 is 10.0 Å². The highest BCUT2D eigenvalue weighted by Crippen LogP contribution is 2.35. The van der Waals surface area contributed by atoms with Crippen molar-refractivity contribution in [2.45, 2.75) is 19.4 Å². The van der Waals surface area contributed by atoms with E-state index in [1.165, 1.54) is 10.6 Å². The molecule has 0 aliphatic carbocycles. The fourth-order valence-corrected chi connectivity index (χ4v) is 5.04. The summed E-state index contributed by atoms with van der Waals surface area (Å²) in [7, 11) is -3.34. The van der Waals surface area contributed by atoms with Gasteiger partial charge in [0.25, 0.3) is 5.91 Å². The molecule has 6 heteroatoms. The number of carbonyl (C=O) groups excluding carboxylic acids is 1. The van der Waals surface area contributed by atoms with Gasteiger partial charge in [-0.3, -0.25) is 9.10 Å². The van der Waals surface area contributed by atoms with E-state index in [9.17, 15) is 13.2 Å². The molecule has 0 unspecified atom stereocenters. The number of benzene rings is 3. The molecule has 138 valence electrons. The van der Waals surface area contributed by atoms with Crippen molar-refractivity contribution in [1.29, 1.82) is 0 Å². The molecule has 0 fully saturated rings. The number of carbonyl (C=O) groups is 1. The minimum absolute atomic E-state index is 0.147. The number of fused-ring (bicyclic) bond motifs is 2. The van der Waals surface area contributed by atoms with E-state index >= 15 is 0 Å². The van der Waals surface area contributed by atoms with Gasteiger partial charge in [0.2, 0.25) is 10.0 Å². The number of hydrogen-bond acceptors (Lipinski definition) is 3. The van der Waals surface area contributed by atoms with Crippen LogP contribution in [0.25, 0.3) is 10.8 Å². The minimum atomic E-state index is -3.34. The third-order valence-corrected chi connectivity index (χ3v) is 6.16. The molecule has 1 aliphatic heterocycles. The number of rotatable bonds is 3. The molecular formula is C21H20N2O3S. The molecule has 0 aromatic heterocycles. The van der Waals surface area contributed by atoms with Crippen LogP contribution >= 0.6 is 0 Å². The van der Waals surface area contributed by atoms with Crippen LogP contribution in [0.1, 0.15) is 22.8 Å². The highest BCUT2D eigenvalue weighted by atomic mass is 32.2. The van der Waals surface area contributed by atoms with Crippen LogP contribution in [0.2, 0.25) is 0 Å². The highest BCUT2D eigenvalue weighted by Gasteiger charge is 2.32. The average Bonchev–Trinajstić information content (AvgIpc) is 2.97. The van der Waals surface area contributed by atoms with Crippen molar-refractivity contribution in [1.82, 2.24) is 0 Å². The van der Waals surface area contributed by atoms with Crippen LogP contribution in [0, 0.1) is 0 Å². The summed E-state index contributed by atoms with van der Waals surface area (Å²) in [6, 6.07) is 18.7. The van der Waals surface area contributed by atoms with Gasteiger partial charge >= 0.3 is 0 Å². The summed E-state index contributed by atoms with van der Waals surface area (Å²) in [6.07, 6.45) is 1.80. The van der Waals surface area contributed by atoms with Crippen molar-refractivity contribution < 1.29 is 13.2 Å². The van der Waals surface area contributed by atoms with Crippen LogP contribution in [-0.2, 0) is 16.4 Å². The van der Waals surface area contributed by atoms with E-state index in [1.807, 2.05) is 49.4 Å². The number of hydrogen-bond donors (Lipinski definition) is 1. The minimum Gasteiger partial charge on any atom is -0.321 e. The number of sulfonamides is 1. The molecule has 1 heterocycles. The lowest BCUT2D eigenvalue weighted by atomic mass is 10.1. The van der Waals surface area contributed by atoms with Gasteiger partial charge in [-0.15, -0.1) is 0 Å². The zero-order valence-corrected chi connectivity index (χ0v) is 16.0. The van der Waals surface area contributed by atoms with E-state index in [-0.39, 0.29) is 11.9 Å². The Morgan fingerprint density at radius 1 is 1.07 bits per heavy atom. The first-order valence-corrected chi connectivity index (χ1v) is 10.6. The smallest absolute Gasteiger partial charge is 0.255 e. The molecule has 0 spiro atoms. The van der Waals surface area contributed by atoms with Gasteiger partial charge in [-0.2, -0.15) is 0 Å². The normalized spacial score (nSPS) is 16.4.